The predicted molar refractivity (Wildman–Crippen MR) is 72.3 cm³/mol. The summed E-state index contributed by atoms with van der Waals surface area (Å²) in [6.07, 6.45) is 4.72. The monoisotopic (exact) mass is 251 g/mol. The Balaban J connectivity index is 2.31. The predicted octanol–water partition coefficient (Wildman–Crippen LogP) is 2.43. The van der Waals surface area contributed by atoms with E-state index >= 15 is 0 Å². The van der Waals surface area contributed by atoms with E-state index in [2.05, 4.69) is 11.1 Å². The van der Waals surface area contributed by atoms with Gasteiger partial charge in [-0.05, 0) is 30.5 Å². The first-order valence-corrected chi connectivity index (χ1v) is 6.32. The molecule has 1 aliphatic carbocycles. The lowest BCUT2D eigenvalue weighted by molar-refractivity contribution is 0.454. The highest BCUT2D eigenvalue weighted by atomic mass is 35.5. The fourth-order valence-corrected chi connectivity index (χ4v) is 2.84. The smallest absolute Gasteiger partial charge is 0.185 e. The summed E-state index contributed by atoms with van der Waals surface area (Å²) in [4.78, 5) is 4.21. The molecule has 0 unspecified atom stereocenters. The molecule has 4 heteroatoms. The minimum atomic E-state index is 0.0783. The van der Waals surface area contributed by atoms with Crippen LogP contribution in [0.1, 0.15) is 31.2 Å². The van der Waals surface area contributed by atoms with Crippen molar-refractivity contribution in [1.82, 2.24) is 0 Å². The highest BCUT2D eigenvalue weighted by molar-refractivity contribution is 6.30. The Bertz CT molecular complexity index is 418. The third-order valence-electron chi connectivity index (χ3n) is 3.56. The normalized spacial score (nSPS) is 17.9. The van der Waals surface area contributed by atoms with E-state index in [0.717, 1.165) is 17.9 Å². The van der Waals surface area contributed by atoms with Crippen LogP contribution in [0.15, 0.2) is 29.3 Å². The third-order valence-corrected chi connectivity index (χ3v) is 3.80. The molecular weight excluding hydrogens is 234 g/mol. The van der Waals surface area contributed by atoms with Crippen LogP contribution in [0.2, 0.25) is 5.02 Å². The van der Waals surface area contributed by atoms with Gasteiger partial charge in [-0.25, -0.2) is 0 Å². The minimum absolute atomic E-state index is 0.0783. The number of halogens is 1. The number of nitrogens with two attached hydrogens (primary N) is 2. The van der Waals surface area contributed by atoms with E-state index < -0.39 is 0 Å². The van der Waals surface area contributed by atoms with Crippen molar-refractivity contribution in [1.29, 1.82) is 0 Å². The maximum absolute atomic E-state index is 6.06. The van der Waals surface area contributed by atoms with Gasteiger partial charge in [-0.2, -0.15) is 0 Å². The van der Waals surface area contributed by atoms with Gasteiger partial charge in [-0.1, -0.05) is 36.6 Å². The number of nitrogens with zero attached hydrogens (tertiary/aromatic N) is 1. The lowest BCUT2D eigenvalue weighted by Gasteiger charge is -2.28. The van der Waals surface area contributed by atoms with E-state index in [-0.39, 0.29) is 11.4 Å². The molecule has 1 saturated carbocycles. The minimum Gasteiger partial charge on any atom is -0.370 e. The van der Waals surface area contributed by atoms with Gasteiger partial charge in [0.25, 0.3) is 0 Å². The first kappa shape index (κ1) is 12.2. The van der Waals surface area contributed by atoms with Crippen LogP contribution in [0, 0.1) is 0 Å². The maximum atomic E-state index is 6.06. The molecule has 3 nitrogen and oxygen atoms in total. The molecule has 1 aromatic carbocycles. The molecule has 1 aliphatic rings. The molecule has 2 rings (SSSR count). The van der Waals surface area contributed by atoms with Crippen molar-refractivity contribution in [3.8, 4) is 0 Å². The number of hydrogen-bond acceptors (Lipinski definition) is 1. The molecular formula is C13H18ClN3. The molecule has 1 aromatic rings. The van der Waals surface area contributed by atoms with Crippen molar-refractivity contribution in [2.75, 3.05) is 6.54 Å². The first-order chi connectivity index (χ1) is 8.12. The molecule has 0 saturated heterocycles. The van der Waals surface area contributed by atoms with Gasteiger partial charge in [-0.3, -0.25) is 4.99 Å². The summed E-state index contributed by atoms with van der Waals surface area (Å²) < 4.78 is 0. The fourth-order valence-electron chi connectivity index (χ4n) is 2.65. The Morgan fingerprint density at radius 3 is 2.59 bits per heavy atom. The van der Waals surface area contributed by atoms with Crippen LogP contribution in [-0.4, -0.2) is 12.5 Å². The number of guanidine groups is 1. The second kappa shape index (κ2) is 4.96. The Kier molecular flexibility index (Phi) is 3.57. The molecule has 4 N–H and O–H groups in total. The molecule has 0 amide bonds. The van der Waals surface area contributed by atoms with Crippen molar-refractivity contribution >= 4 is 17.6 Å². The largest absolute Gasteiger partial charge is 0.370 e. The van der Waals surface area contributed by atoms with Crippen LogP contribution in [0.3, 0.4) is 0 Å². The van der Waals surface area contributed by atoms with E-state index in [4.69, 9.17) is 23.1 Å². The Morgan fingerprint density at radius 1 is 1.29 bits per heavy atom. The summed E-state index contributed by atoms with van der Waals surface area (Å²) in [6, 6.07) is 8.05. The van der Waals surface area contributed by atoms with Crippen LogP contribution >= 0.6 is 11.6 Å². The molecule has 0 heterocycles. The van der Waals surface area contributed by atoms with Crippen molar-refractivity contribution < 1.29 is 0 Å². The summed E-state index contributed by atoms with van der Waals surface area (Å²) in [5.74, 6) is 0.165. The highest BCUT2D eigenvalue weighted by Gasteiger charge is 2.35. The molecule has 0 aliphatic heterocycles. The van der Waals surface area contributed by atoms with E-state index in [1.807, 2.05) is 18.2 Å². The average Bonchev–Trinajstić information content (AvgIpc) is 2.76. The van der Waals surface area contributed by atoms with Crippen LogP contribution in [0.25, 0.3) is 0 Å². The van der Waals surface area contributed by atoms with Gasteiger partial charge in [0.05, 0.1) is 6.54 Å². The second-order valence-electron chi connectivity index (χ2n) is 4.74. The second-order valence-corrected chi connectivity index (χ2v) is 5.18. The molecule has 92 valence electrons. The van der Waals surface area contributed by atoms with Crippen LogP contribution in [-0.2, 0) is 5.41 Å². The first-order valence-electron chi connectivity index (χ1n) is 5.94. The Hall–Kier alpha value is -1.22. The summed E-state index contributed by atoms with van der Waals surface area (Å²) in [6.45, 7) is 0.662. The van der Waals surface area contributed by atoms with Crippen molar-refractivity contribution in [3.63, 3.8) is 0 Å². The van der Waals surface area contributed by atoms with Crippen LogP contribution in [0.5, 0.6) is 0 Å². The number of benzene rings is 1. The maximum Gasteiger partial charge on any atom is 0.185 e. The van der Waals surface area contributed by atoms with Crippen molar-refractivity contribution in [2.24, 2.45) is 16.5 Å². The molecule has 0 spiro atoms. The van der Waals surface area contributed by atoms with Crippen LogP contribution in [0.4, 0.5) is 0 Å². The Labute approximate surface area is 107 Å². The molecule has 0 radical (unpaired) electrons. The summed E-state index contributed by atoms with van der Waals surface area (Å²) in [5.41, 5.74) is 12.2. The van der Waals surface area contributed by atoms with E-state index in [1.54, 1.807) is 0 Å². The quantitative estimate of drug-likeness (QED) is 0.640. The van der Waals surface area contributed by atoms with Crippen LogP contribution < -0.4 is 11.5 Å². The standard InChI is InChI=1S/C13H18ClN3/c14-11-5-3-4-10(8-11)13(6-1-2-7-13)9-17-12(15)16/h3-5,8H,1-2,6-7,9H2,(H4,15,16,17). The highest BCUT2D eigenvalue weighted by Crippen LogP contribution is 2.41. The SMILES string of the molecule is NC(N)=NCC1(c2cccc(Cl)c2)CCCC1. The van der Waals surface area contributed by atoms with Gasteiger partial charge in [0.2, 0.25) is 0 Å². The zero-order chi connectivity index (χ0) is 12.3. The molecule has 0 atom stereocenters. The molecule has 1 fully saturated rings. The third kappa shape index (κ3) is 2.72. The molecule has 0 bridgehead atoms. The van der Waals surface area contributed by atoms with E-state index in [0.29, 0.717) is 6.54 Å². The molecule has 17 heavy (non-hydrogen) atoms. The van der Waals surface area contributed by atoms with E-state index in [1.165, 1.54) is 18.4 Å². The summed E-state index contributed by atoms with van der Waals surface area (Å²) >= 11 is 6.06. The summed E-state index contributed by atoms with van der Waals surface area (Å²) in [7, 11) is 0. The number of hydrogen-bond donors (Lipinski definition) is 2. The van der Waals surface area contributed by atoms with Crippen molar-refractivity contribution in [3.05, 3.63) is 34.9 Å². The van der Waals surface area contributed by atoms with E-state index in [9.17, 15) is 0 Å². The zero-order valence-corrected chi connectivity index (χ0v) is 10.6. The number of rotatable bonds is 3. The van der Waals surface area contributed by atoms with Gasteiger partial charge >= 0.3 is 0 Å². The molecule has 0 aromatic heterocycles. The lowest BCUT2D eigenvalue weighted by Crippen LogP contribution is -2.30. The fraction of sp³-hybridized carbons (Fsp3) is 0.462. The van der Waals surface area contributed by atoms with Crippen molar-refractivity contribution in [2.45, 2.75) is 31.1 Å². The number of aliphatic imine (C=N–C) groups is 1. The zero-order valence-electron chi connectivity index (χ0n) is 9.82. The average molecular weight is 252 g/mol. The Morgan fingerprint density at radius 2 is 2.00 bits per heavy atom. The van der Waals surface area contributed by atoms with Gasteiger partial charge in [0.15, 0.2) is 5.96 Å². The van der Waals surface area contributed by atoms with Gasteiger partial charge in [0.1, 0.15) is 0 Å². The topological polar surface area (TPSA) is 64.4 Å². The lowest BCUT2D eigenvalue weighted by atomic mass is 9.79. The van der Waals surface area contributed by atoms with Gasteiger partial charge < -0.3 is 11.5 Å². The van der Waals surface area contributed by atoms with Gasteiger partial charge in [0, 0.05) is 10.4 Å². The van der Waals surface area contributed by atoms with Gasteiger partial charge in [-0.15, -0.1) is 0 Å². The summed E-state index contributed by atoms with van der Waals surface area (Å²) in [5, 5.41) is 0.776.